The lowest BCUT2D eigenvalue weighted by Gasteiger charge is -2.22. The normalized spacial score (nSPS) is 20.3. The monoisotopic (exact) mass is 261 g/mol. The van der Waals surface area contributed by atoms with E-state index in [1.165, 1.54) is 11.4 Å². The molecule has 1 aliphatic rings. The van der Waals surface area contributed by atoms with Gasteiger partial charge in [0.1, 0.15) is 10.8 Å². The van der Waals surface area contributed by atoms with E-state index in [0.717, 1.165) is 18.7 Å². The Hall–Kier alpha value is -1.46. The maximum Gasteiger partial charge on any atom is 0.138 e. The quantitative estimate of drug-likeness (QED) is 0.922. The van der Waals surface area contributed by atoms with Crippen LogP contribution in [0.5, 0.6) is 5.75 Å². The molecule has 1 atom stereocenters. The van der Waals surface area contributed by atoms with Gasteiger partial charge in [-0.3, -0.25) is 9.88 Å². The van der Waals surface area contributed by atoms with Gasteiger partial charge in [-0.05, 0) is 31.5 Å². The molecule has 1 fully saturated rings. The van der Waals surface area contributed by atoms with Crippen LogP contribution in [0.1, 0.15) is 29.6 Å². The molecule has 2 aromatic rings. The van der Waals surface area contributed by atoms with Crippen LogP contribution in [0, 0.1) is 0 Å². The predicted octanol–water partition coefficient (Wildman–Crippen LogP) is 2.58. The first-order valence-corrected chi connectivity index (χ1v) is 6.99. The number of rotatable bonds is 3. The van der Waals surface area contributed by atoms with Gasteiger partial charge >= 0.3 is 0 Å². The molecular weight excluding hydrogens is 246 g/mol. The Bertz CT molecular complexity index is 515. The first-order valence-electron chi connectivity index (χ1n) is 6.11. The van der Waals surface area contributed by atoms with Crippen molar-refractivity contribution in [2.24, 2.45) is 0 Å². The Labute approximate surface area is 110 Å². The first kappa shape index (κ1) is 11.6. The Balaban J connectivity index is 1.78. The van der Waals surface area contributed by atoms with Gasteiger partial charge in [-0.25, -0.2) is 4.98 Å². The fourth-order valence-corrected chi connectivity index (χ4v) is 3.24. The van der Waals surface area contributed by atoms with Crippen molar-refractivity contribution in [2.45, 2.75) is 25.4 Å². The number of hydrogen-bond acceptors (Lipinski definition) is 5. The van der Waals surface area contributed by atoms with Crippen molar-refractivity contribution in [3.05, 3.63) is 40.6 Å². The molecule has 18 heavy (non-hydrogen) atoms. The maximum atomic E-state index is 9.79. The minimum absolute atomic E-state index is 0.280. The van der Waals surface area contributed by atoms with Crippen molar-refractivity contribution >= 4 is 11.3 Å². The summed E-state index contributed by atoms with van der Waals surface area (Å²) < 4.78 is 0. The summed E-state index contributed by atoms with van der Waals surface area (Å²) in [5.41, 5.74) is 0.751. The van der Waals surface area contributed by atoms with Crippen LogP contribution in [0.15, 0.2) is 29.9 Å². The number of likely N-dealkylation sites (tertiary alicyclic amines) is 1. The molecule has 5 heteroatoms. The van der Waals surface area contributed by atoms with Crippen molar-refractivity contribution in [1.29, 1.82) is 0 Å². The van der Waals surface area contributed by atoms with E-state index < -0.39 is 0 Å². The van der Waals surface area contributed by atoms with Gasteiger partial charge in [0.25, 0.3) is 0 Å². The number of nitrogens with zero attached hydrogens (tertiary/aromatic N) is 3. The molecule has 0 bridgehead atoms. The molecule has 0 aromatic carbocycles. The average Bonchev–Trinajstić information content (AvgIpc) is 3.02. The van der Waals surface area contributed by atoms with Crippen molar-refractivity contribution in [2.75, 3.05) is 6.54 Å². The lowest BCUT2D eigenvalue weighted by Crippen LogP contribution is -2.23. The summed E-state index contributed by atoms with van der Waals surface area (Å²) in [5, 5.41) is 13.0. The van der Waals surface area contributed by atoms with Gasteiger partial charge in [0.15, 0.2) is 0 Å². The molecule has 94 valence electrons. The molecule has 0 aliphatic carbocycles. The number of pyridine rings is 1. The van der Waals surface area contributed by atoms with Crippen LogP contribution in [0.2, 0.25) is 0 Å². The van der Waals surface area contributed by atoms with Crippen LogP contribution in [-0.2, 0) is 6.54 Å². The number of hydrogen-bond donors (Lipinski definition) is 1. The molecule has 0 unspecified atom stereocenters. The summed E-state index contributed by atoms with van der Waals surface area (Å²) in [6.45, 7) is 1.73. The second-order valence-corrected chi connectivity index (χ2v) is 5.39. The summed E-state index contributed by atoms with van der Waals surface area (Å²) in [7, 11) is 0. The minimum Gasteiger partial charge on any atom is -0.506 e. The minimum atomic E-state index is 0.280. The highest BCUT2D eigenvalue weighted by Crippen LogP contribution is 2.34. The van der Waals surface area contributed by atoms with Crippen LogP contribution >= 0.6 is 11.3 Å². The van der Waals surface area contributed by atoms with E-state index in [2.05, 4.69) is 14.9 Å². The lowest BCUT2D eigenvalue weighted by atomic mass is 10.2. The van der Waals surface area contributed by atoms with E-state index in [0.29, 0.717) is 12.6 Å². The highest BCUT2D eigenvalue weighted by molar-refractivity contribution is 7.09. The van der Waals surface area contributed by atoms with Crippen molar-refractivity contribution < 1.29 is 5.11 Å². The van der Waals surface area contributed by atoms with Gasteiger partial charge < -0.3 is 5.11 Å². The van der Waals surface area contributed by atoms with Gasteiger partial charge in [-0.15, -0.1) is 11.3 Å². The third kappa shape index (κ3) is 2.23. The molecular formula is C13H15N3OS. The number of aromatic hydroxyl groups is 1. The SMILES string of the molecule is Oc1cccnc1CN1CCC[C@@H]1c1nccs1. The van der Waals surface area contributed by atoms with Gasteiger partial charge in [-0.2, -0.15) is 0 Å². The highest BCUT2D eigenvalue weighted by Gasteiger charge is 2.28. The summed E-state index contributed by atoms with van der Waals surface area (Å²) in [4.78, 5) is 11.0. The summed E-state index contributed by atoms with van der Waals surface area (Å²) >= 11 is 1.70. The molecule has 1 saturated heterocycles. The second kappa shape index (κ2) is 5.04. The standard InChI is InChI=1S/C13H15N3OS/c17-12-4-1-5-14-10(12)9-16-7-2-3-11(16)13-15-6-8-18-13/h1,4-6,8,11,17H,2-3,7,9H2/t11-/m1/s1. The van der Waals surface area contributed by atoms with Crippen LogP contribution in [0.4, 0.5) is 0 Å². The molecule has 1 N–H and O–H groups in total. The molecule has 4 nitrogen and oxygen atoms in total. The van der Waals surface area contributed by atoms with E-state index in [-0.39, 0.29) is 5.75 Å². The zero-order valence-corrected chi connectivity index (χ0v) is 10.8. The molecule has 2 aromatic heterocycles. The lowest BCUT2D eigenvalue weighted by molar-refractivity contribution is 0.241. The Morgan fingerprint density at radius 2 is 2.33 bits per heavy atom. The van der Waals surface area contributed by atoms with E-state index in [1.807, 2.05) is 11.6 Å². The molecule has 3 heterocycles. The van der Waals surface area contributed by atoms with Crippen LogP contribution in [-0.4, -0.2) is 26.5 Å². The Kier molecular flexibility index (Phi) is 3.25. The maximum absolute atomic E-state index is 9.79. The van der Waals surface area contributed by atoms with Gasteiger partial charge in [0, 0.05) is 24.3 Å². The second-order valence-electron chi connectivity index (χ2n) is 4.47. The number of aromatic nitrogens is 2. The zero-order chi connectivity index (χ0) is 12.4. The number of thiazole rings is 1. The largest absolute Gasteiger partial charge is 0.506 e. The Morgan fingerprint density at radius 1 is 1.39 bits per heavy atom. The van der Waals surface area contributed by atoms with Crippen molar-refractivity contribution in [3.63, 3.8) is 0 Å². The fourth-order valence-electron chi connectivity index (χ4n) is 2.44. The van der Waals surface area contributed by atoms with Crippen LogP contribution < -0.4 is 0 Å². The fraction of sp³-hybridized carbons (Fsp3) is 0.385. The van der Waals surface area contributed by atoms with Crippen LogP contribution in [0.3, 0.4) is 0 Å². The third-order valence-electron chi connectivity index (χ3n) is 3.32. The summed E-state index contributed by atoms with van der Waals surface area (Å²) in [5.74, 6) is 0.280. The van der Waals surface area contributed by atoms with Crippen molar-refractivity contribution in [3.8, 4) is 5.75 Å². The van der Waals surface area contributed by atoms with Gasteiger partial charge in [0.2, 0.25) is 0 Å². The van der Waals surface area contributed by atoms with E-state index >= 15 is 0 Å². The molecule has 0 spiro atoms. The Morgan fingerprint density at radius 3 is 3.11 bits per heavy atom. The zero-order valence-electron chi connectivity index (χ0n) is 9.99. The van der Waals surface area contributed by atoms with Crippen LogP contribution in [0.25, 0.3) is 0 Å². The third-order valence-corrected chi connectivity index (χ3v) is 4.20. The summed E-state index contributed by atoms with van der Waals surface area (Å²) in [6.07, 6.45) is 5.90. The summed E-state index contributed by atoms with van der Waals surface area (Å²) in [6, 6.07) is 3.82. The molecule has 0 amide bonds. The first-order chi connectivity index (χ1) is 8.84. The van der Waals surface area contributed by atoms with E-state index in [1.54, 1.807) is 29.7 Å². The predicted molar refractivity (Wildman–Crippen MR) is 70.4 cm³/mol. The van der Waals surface area contributed by atoms with Gasteiger partial charge in [-0.1, -0.05) is 0 Å². The van der Waals surface area contributed by atoms with E-state index in [4.69, 9.17) is 0 Å². The van der Waals surface area contributed by atoms with Gasteiger partial charge in [0.05, 0.1) is 11.7 Å². The molecule has 0 saturated carbocycles. The molecule has 0 radical (unpaired) electrons. The van der Waals surface area contributed by atoms with Crippen molar-refractivity contribution in [1.82, 2.24) is 14.9 Å². The smallest absolute Gasteiger partial charge is 0.138 e. The molecule has 3 rings (SSSR count). The average molecular weight is 261 g/mol. The highest BCUT2D eigenvalue weighted by atomic mass is 32.1. The topological polar surface area (TPSA) is 49.3 Å². The van der Waals surface area contributed by atoms with E-state index in [9.17, 15) is 5.11 Å². The molecule has 1 aliphatic heterocycles.